The van der Waals surface area contributed by atoms with Crippen LogP contribution in [0.5, 0.6) is 0 Å². The fourth-order valence-electron chi connectivity index (χ4n) is 4.16. The number of amides is 2. The summed E-state index contributed by atoms with van der Waals surface area (Å²) in [5, 5.41) is 2.95. The van der Waals surface area contributed by atoms with Gasteiger partial charge in [-0.1, -0.05) is 59.7 Å². The van der Waals surface area contributed by atoms with Crippen molar-refractivity contribution in [2.45, 2.75) is 27.7 Å². The van der Waals surface area contributed by atoms with Crippen LogP contribution in [-0.4, -0.2) is 35.3 Å². The third-order valence-electron chi connectivity index (χ3n) is 5.90. The number of likely N-dealkylation sites (N-methyl/N-ethyl adjacent to an activating group) is 1. The smallest absolute Gasteiger partial charge is 0.254 e. The molecule has 0 aliphatic rings. The number of hydrogen-bond acceptors (Lipinski definition) is 4. The Balaban J connectivity index is 1.52. The van der Waals surface area contributed by atoms with Crippen LogP contribution in [-0.2, 0) is 4.79 Å². The summed E-state index contributed by atoms with van der Waals surface area (Å²) in [6.45, 7) is 7.88. The number of carbonyl (C=O) groups is 2. The molecule has 3 aromatic carbocycles. The summed E-state index contributed by atoms with van der Waals surface area (Å²) in [6, 6.07) is 19.1. The number of hydrogen-bond donors (Lipinski definition) is 1. The Kier molecular flexibility index (Phi) is 6.82. The van der Waals surface area contributed by atoms with Crippen LogP contribution < -0.4 is 5.32 Å². The van der Waals surface area contributed by atoms with Gasteiger partial charge >= 0.3 is 0 Å². The molecule has 4 rings (SSSR count). The Morgan fingerprint density at radius 1 is 0.914 bits per heavy atom. The second-order valence-corrected chi connectivity index (χ2v) is 8.92. The fourth-order valence-corrected chi connectivity index (χ4v) is 4.16. The fraction of sp³-hybridized carbons (Fsp3) is 0.207. The van der Waals surface area contributed by atoms with E-state index in [9.17, 15) is 9.59 Å². The number of aromatic nitrogens is 1. The van der Waals surface area contributed by atoms with Crippen molar-refractivity contribution in [2.24, 2.45) is 0 Å². The number of oxazole rings is 1. The van der Waals surface area contributed by atoms with E-state index in [0.717, 1.165) is 33.5 Å². The van der Waals surface area contributed by atoms with Crippen LogP contribution in [0.1, 0.15) is 32.6 Å². The monoisotopic (exact) mass is 467 g/mol. The summed E-state index contributed by atoms with van der Waals surface area (Å²) >= 11 is 0. The van der Waals surface area contributed by atoms with E-state index in [1.807, 2.05) is 70.2 Å². The number of nitrogens with one attached hydrogen (secondary N) is 1. The molecule has 2 amide bonds. The lowest BCUT2D eigenvalue weighted by Crippen LogP contribution is -2.35. The molecule has 1 N–H and O–H groups in total. The van der Waals surface area contributed by atoms with Gasteiger partial charge in [0, 0.05) is 23.9 Å². The number of aryl methyl sites for hydroxylation is 4. The topological polar surface area (TPSA) is 75.4 Å². The first kappa shape index (κ1) is 24.0. The van der Waals surface area contributed by atoms with Gasteiger partial charge in [-0.05, 0) is 51.0 Å². The van der Waals surface area contributed by atoms with Crippen molar-refractivity contribution in [1.29, 1.82) is 0 Å². The molecule has 0 fully saturated rings. The van der Waals surface area contributed by atoms with Crippen LogP contribution in [0.2, 0.25) is 0 Å². The molecule has 0 atom stereocenters. The second kappa shape index (κ2) is 9.97. The van der Waals surface area contributed by atoms with E-state index in [1.165, 1.54) is 4.90 Å². The molecule has 0 spiro atoms. The minimum atomic E-state index is -0.289. The molecule has 0 saturated carbocycles. The maximum atomic E-state index is 13.3. The van der Waals surface area contributed by atoms with E-state index in [2.05, 4.69) is 10.3 Å². The lowest BCUT2D eigenvalue weighted by molar-refractivity contribution is -0.116. The third kappa shape index (κ3) is 5.32. The molecule has 0 aliphatic heterocycles. The Morgan fingerprint density at radius 3 is 2.26 bits per heavy atom. The molecule has 0 saturated heterocycles. The quantitative estimate of drug-likeness (QED) is 0.380. The molecular formula is C29H29N3O3. The highest BCUT2D eigenvalue weighted by Crippen LogP contribution is 2.29. The molecule has 35 heavy (non-hydrogen) atoms. The van der Waals surface area contributed by atoms with Crippen molar-refractivity contribution in [3.8, 4) is 22.8 Å². The van der Waals surface area contributed by atoms with Crippen molar-refractivity contribution >= 4 is 17.5 Å². The van der Waals surface area contributed by atoms with Gasteiger partial charge in [0.15, 0.2) is 5.76 Å². The van der Waals surface area contributed by atoms with Crippen molar-refractivity contribution in [3.63, 3.8) is 0 Å². The van der Waals surface area contributed by atoms with Gasteiger partial charge < -0.3 is 14.6 Å². The second-order valence-electron chi connectivity index (χ2n) is 8.92. The minimum Gasteiger partial charge on any atom is -0.436 e. The van der Waals surface area contributed by atoms with Crippen LogP contribution in [0.4, 0.5) is 5.69 Å². The summed E-state index contributed by atoms with van der Waals surface area (Å²) in [5.74, 6) is 0.432. The molecule has 4 aromatic rings. The van der Waals surface area contributed by atoms with Crippen LogP contribution in [0.3, 0.4) is 0 Å². The van der Waals surface area contributed by atoms with Crippen LogP contribution in [0.25, 0.3) is 22.8 Å². The van der Waals surface area contributed by atoms with Gasteiger partial charge in [0.2, 0.25) is 11.8 Å². The summed E-state index contributed by atoms with van der Waals surface area (Å²) in [7, 11) is 1.61. The molecular weight excluding hydrogens is 438 g/mol. The van der Waals surface area contributed by atoms with Gasteiger partial charge in [0.25, 0.3) is 5.91 Å². The van der Waals surface area contributed by atoms with Crippen LogP contribution >= 0.6 is 0 Å². The summed E-state index contributed by atoms with van der Waals surface area (Å²) < 4.78 is 6.00. The predicted octanol–water partition coefficient (Wildman–Crippen LogP) is 5.95. The summed E-state index contributed by atoms with van der Waals surface area (Å²) in [6.07, 6.45) is 1.66. The van der Waals surface area contributed by atoms with Crippen molar-refractivity contribution in [1.82, 2.24) is 9.88 Å². The first-order chi connectivity index (χ1) is 16.7. The highest BCUT2D eigenvalue weighted by Gasteiger charge is 2.21. The van der Waals surface area contributed by atoms with E-state index in [-0.39, 0.29) is 18.4 Å². The zero-order valence-corrected chi connectivity index (χ0v) is 20.7. The SMILES string of the molecule is Cc1ccc(-c2cnc(-c3ccccc3C(=O)N(C)CC(=O)Nc3c(C)cc(C)cc3C)o2)cc1. The van der Waals surface area contributed by atoms with E-state index in [1.54, 1.807) is 31.4 Å². The van der Waals surface area contributed by atoms with E-state index in [0.29, 0.717) is 22.8 Å². The van der Waals surface area contributed by atoms with Gasteiger partial charge in [-0.15, -0.1) is 0 Å². The van der Waals surface area contributed by atoms with Gasteiger partial charge in [0.05, 0.1) is 18.3 Å². The Morgan fingerprint density at radius 2 is 1.57 bits per heavy atom. The molecule has 178 valence electrons. The van der Waals surface area contributed by atoms with Crippen molar-refractivity contribution < 1.29 is 14.0 Å². The van der Waals surface area contributed by atoms with Gasteiger partial charge in [0.1, 0.15) is 0 Å². The van der Waals surface area contributed by atoms with Crippen LogP contribution in [0, 0.1) is 27.7 Å². The molecule has 6 nitrogen and oxygen atoms in total. The number of nitrogens with zero attached hydrogens (tertiary/aromatic N) is 2. The standard InChI is InChI=1S/C29H29N3O3/c1-18-10-12-22(13-11-18)25-16-30-28(35-25)23-8-6-7-9-24(23)29(34)32(5)17-26(33)31-27-20(3)14-19(2)15-21(27)4/h6-16H,17H2,1-5H3,(H,31,33). The van der Waals surface area contributed by atoms with Gasteiger partial charge in [-0.25, -0.2) is 4.98 Å². The van der Waals surface area contributed by atoms with Crippen molar-refractivity contribution in [2.75, 3.05) is 18.9 Å². The number of benzene rings is 3. The molecule has 0 aliphatic carbocycles. The average molecular weight is 468 g/mol. The predicted molar refractivity (Wildman–Crippen MR) is 138 cm³/mol. The lowest BCUT2D eigenvalue weighted by Gasteiger charge is -2.19. The molecule has 1 heterocycles. The third-order valence-corrected chi connectivity index (χ3v) is 5.90. The van der Waals surface area contributed by atoms with E-state index < -0.39 is 0 Å². The van der Waals surface area contributed by atoms with E-state index in [4.69, 9.17) is 4.42 Å². The van der Waals surface area contributed by atoms with Crippen LogP contribution in [0.15, 0.2) is 71.3 Å². The van der Waals surface area contributed by atoms with Crippen molar-refractivity contribution in [3.05, 3.63) is 94.7 Å². The molecule has 0 bridgehead atoms. The Labute approximate surface area is 205 Å². The normalized spacial score (nSPS) is 10.8. The summed E-state index contributed by atoms with van der Waals surface area (Å²) in [5.41, 5.74) is 6.96. The zero-order valence-electron chi connectivity index (χ0n) is 20.7. The molecule has 0 unspecified atom stereocenters. The molecule has 1 aromatic heterocycles. The molecule has 6 heteroatoms. The van der Waals surface area contributed by atoms with Gasteiger partial charge in [-0.2, -0.15) is 0 Å². The average Bonchev–Trinajstić information content (AvgIpc) is 3.31. The Hall–Kier alpha value is -4.19. The number of anilines is 1. The zero-order chi connectivity index (χ0) is 25.1. The highest BCUT2D eigenvalue weighted by molar-refractivity contribution is 6.03. The lowest BCUT2D eigenvalue weighted by atomic mass is 10.0. The van der Waals surface area contributed by atoms with E-state index >= 15 is 0 Å². The number of carbonyl (C=O) groups excluding carboxylic acids is 2. The Bertz CT molecular complexity index is 1360. The highest BCUT2D eigenvalue weighted by atomic mass is 16.4. The first-order valence-corrected chi connectivity index (χ1v) is 11.5. The first-order valence-electron chi connectivity index (χ1n) is 11.5. The largest absolute Gasteiger partial charge is 0.436 e. The maximum Gasteiger partial charge on any atom is 0.254 e. The minimum absolute atomic E-state index is 0.0832. The number of rotatable bonds is 6. The maximum absolute atomic E-state index is 13.3. The molecule has 0 radical (unpaired) electrons. The van der Waals surface area contributed by atoms with Gasteiger partial charge in [-0.3, -0.25) is 9.59 Å². The summed E-state index contributed by atoms with van der Waals surface area (Å²) in [4.78, 5) is 31.9.